The molecule has 1 atom stereocenters. The fourth-order valence-electron chi connectivity index (χ4n) is 1.29. The maximum absolute atomic E-state index is 10.6. The van der Waals surface area contributed by atoms with Crippen LogP contribution < -0.4 is 5.73 Å². The third-order valence-electron chi connectivity index (χ3n) is 2.30. The first-order valence-corrected chi connectivity index (χ1v) is 5.25. The summed E-state index contributed by atoms with van der Waals surface area (Å²) in [4.78, 5) is 10.6. The average Bonchev–Trinajstić information content (AvgIpc) is 2.22. The Labute approximate surface area is 103 Å². The maximum Gasteiger partial charge on any atom is 0.320 e. The number of rotatable bonds is 3. The highest BCUT2D eigenvalue weighted by Gasteiger charge is 2.17. The largest absolute Gasteiger partial charge is 0.505 e. The Morgan fingerprint density at radius 2 is 2.12 bits per heavy atom. The molecule has 0 aliphatic carbocycles. The first-order chi connectivity index (χ1) is 7.34. The van der Waals surface area contributed by atoms with Crippen LogP contribution in [0, 0.1) is 6.92 Å². The minimum Gasteiger partial charge on any atom is -0.505 e. The zero-order valence-electron chi connectivity index (χ0n) is 8.50. The lowest BCUT2D eigenvalue weighted by molar-refractivity contribution is -0.138. The smallest absolute Gasteiger partial charge is 0.320 e. The molecule has 0 spiro atoms. The number of benzene rings is 1. The highest BCUT2D eigenvalue weighted by Crippen LogP contribution is 2.36. The Morgan fingerprint density at radius 3 is 2.62 bits per heavy atom. The van der Waals surface area contributed by atoms with Crippen molar-refractivity contribution in [3.8, 4) is 5.75 Å². The standard InChI is InChI=1S/C10H11Cl2NO3/c1-4-5(3-7(13)10(15)16)2-6(11)9(14)8(4)12/h2,7,14H,3,13H2,1H3,(H,15,16). The van der Waals surface area contributed by atoms with Gasteiger partial charge in [-0.2, -0.15) is 0 Å². The molecule has 0 aliphatic heterocycles. The van der Waals surface area contributed by atoms with Crippen molar-refractivity contribution in [2.75, 3.05) is 0 Å². The van der Waals surface area contributed by atoms with Crippen molar-refractivity contribution in [2.24, 2.45) is 5.73 Å². The lowest BCUT2D eigenvalue weighted by atomic mass is 10.0. The number of nitrogens with two attached hydrogens (primary N) is 1. The number of carboxylic acids is 1. The summed E-state index contributed by atoms with van der Waals surface area (Å²) in [6, 6.07) is 0.455. The van der Waals surface area contributed by atoms with Gasteiger partial charge in [0, 0.05) is 0 Å². The van der Waals surface area contributed by atoms with Gasteiger partial charge in [-0.3, -0.25) is 4.79 Å². The van der Waals surface area contributed by atoms with Crippen molar-refractivity contribution in [2.45, 2.75) is 19.4 Å². The van der Waals surface area contributed by atoms with E-state index in [0.29, 0.717) is 11.1 Å². The van der Waals surface area contributed by atoms with Crippen LogP contribution >= 0.6 is 23.2 Å². The Morgan fingerprint density at radius 1 is 1.56 bits per heavy atom. The summed E-state index contributed by atoms with van der Waals surface area (Å²) in [6.07, 6.45) is 0.112. The predicted molar refractivity (Wildman–Crippen MR) is 62.2 cm³/mol. The topological polar surface area (TPSA) is 83.6 Å². The molecule has 1 unspecified atom stereocenters. The van der Waals surface area contributed by atoms with Crippen LogP contribution in [0.2, 0.25) is 10.0 Å². The number of carbonyl (C=O) groups is 1. The van der Waals surface area contributed by atoms with Crippen LogP contribution in [0.4, 0.5) is 0 Å². The van der Waals surface area contributed by atoms with E-state index in [1.165, 1.54) is 6.07 Å². The second kappa shape index (κ2) is 4.91. The predicted octanol–water partition coefficient (Wildman–Crippen LogP) is 1.96. The summed E-state index contributed by atoms with van der Waals surface area (Å²) >= 11 is 11.6. The molecular weight excluding hydrogens is 253 g/mol. The second-order valence-corrected chi connectivity index (χ2v) is 4.24. The molecule has 0 bridgehead atoms. The lowest BCUT2D eigenvalue weighted by Gasteiger charge is -2.12. The summed E-state index contributed by atoms with van der Waals surface area (Å²) in [5.41, 5.74) is 6.60. The number of halogens is 2. The molecule has 0 aromatic heterocycles. The molecular formula is C10H11Cl2NO3. The maximum atomic E-state index is 10.6. The Hall–Kier alpha value is -0.970. The van der Waals surface area contributed by atoms with E-state index in [0.717, 1.165) is 0 Å². The highest BCUT2D eigenvalue weighted by atomic mass is 35.5. The first kappa shape index (κ1) is 13.1. The van der Waals surface area contributed by atoms with Gasteiger partial charge in [-0.05, 0) is 30.5 Å². The van der Waals surface area contributed by atoms with Gasteiger partial charge in [0.15, 0.2) is 5.75 Å². The number of hydrogen-bond donors (Lipinski definition) is 3. The van der Waals surface area contributed by atoms with Gasteiger partial charge in [0.1, 0.15) is 6.04 Å². The third kappa shape index (κ3) is 2.58. The average molecular weight is 264 g/mol. The number of hydrogen-bond acceptors (Lipinski definition) is 3. The number of phenols is 1. The fourth-order valence-corrected chi connectivity index (χ4v) is 1.79. The van der Waals surface area contributed by atoms with E-state index in [2.05, 4.69) is 0 Å². The summed E-state index contributed by atoms with van der Waals surface area (Å²) in [5, 5.41) is 18.3. The van der Waals surface area contributed by atoms with Gasteiger partial charge in [-0.25, -0.2) is 0 Å². The van der Waals surface area contributed by atoms with Crippen LogP contribution in [0.5, 0.6) is 5.75 Å². The van der Waals surface area contributed by atoms with Gasteiger partial charge in [-0.15, -0.1) is 0 Å². The van der Waals surface area contributed by atoms with Gasteiger partial charge in [-0.1, -0.05) is 23.2 Å². The van der Waals surface area contributed by atoms with E-state index >= 15 is 0 Å². The van der Waals surface area contributed by atoms with Gasteiger partial charge >= 0.3 is 5.97 Å². The zero-order valence-corrected chi connectivity index (χ0v) is 10.0. The molecule has 0 saturated heterocycles. The molecule has 4 N–H and O–H groups in total. The quantitative estimate of drug-likeness (QED) is 0.779. The third-order valence-corrected chi connectivity index (χ3v) is 3.05. The lowest BCUT2D eigenvalue weighted by Crippen LogP contribution is -2.32. The Balaban J connectivity index is 3.11. The summed E-state index contributed by atoms with van der Waals surface area (Å²) in [6.45, 7) is 1.67. The number of aliphatic carboxylic acids is 1. The molecule has 1 aromatic rings. The van der Waals surface area contributed by atoms with Crippen LogP contribution in [-0.2, 0) is 11.2 Å². The van der Waals surface area contributed by atoms with Crippen LogP contribution in [0.3, 0.4) is 0 Å². The molecule has 0 radical (unpaired) electrons. The van der Waals surface area contributed by atoms with E-state index in [4.69, 9.17) is 34.0 Å². The van der Waals surface area contributed by atoms with E-state index in [-0.39, 0.29) is 22.2 Å². The van der Waals surface area contributed by atoms with E-state index in [9.17, 15) is 9.90 Å². The molecule has 0 aliphatic rings. The Bertz CT molecular complexity index is 435. The number of phenolic OH excluding ortho intramolecular Hbond substituents is 1. The number of carboxylic acid groups (broad SMARTS) is 1. The summed E-state index contributed by atoms with van der Waals surface area (Å²) in [5.74, 6) is -1.30. The monoisotopic (exact) mass is 263 g/mol. The summed E-state index contributed by atoms with van der Waals surface area (Å²) < 4.78 is 0. The van der Waals surface area contributed by atoms with Crippen LogP contribution in [0.1, 0.15) is 11.1 Å². The molecule has 0 saturated carbocycles. The van der Waals surface area contributed by atoms with Crippen molar-refractivity contribution in [1.29, 1.82) is 0 Å². The van der Waals surface area contributed by atoms with Crippen molar-refractivity contribution in [3.05, 3.63) is 27.2 Å². The van der Waals surface area contributed by atoms with Crippen molar-refractivity contribution in [3.63, 3.8) is 0 Å². The van der Waals surface area contributed by atoms with Gasteiger partial charge < -0.3 is 15.9 Å². The summed E-state index contributed by atoms with van der Waals surface area (Å²) in [7, 11) is 0. The molecule has 4 nitrogen and oxygen atoms in total. The van der Waals surface area contributed by atoms with Crippen molar-refractivity contribution >= 4 is 29.2 Å². The number of aromatic hydroxyl groups is 1. The molecule has 0 fully saturated rings. The second-order valence-electron chi connectivity index (χ2n) is 3.45. The van der Waals surface area contributed by atoms with E-state index in [1.807, 2.05) is 0 Å². The highest BCUT2D eigenvalue weighted by molar-refractivity contribution is 6.37. The normalized spacial score (nSPS) is 12.5. The first-order valence-electron chi connectivity index (χ1n) is 4.49. The van der Waals surface area contributed by atoms with Crippen molar-refractivity contribution < 1.29 is 15.0 Å². The fraction of sp³-hybridized carbons (Fsp3) is 0.300. The zero-order chi connectivity index (χ0) is 12.5. The molecule has 0 heterocycles. The van der Waals surface area contributed by atoms with Gasteiger partial charge in [0.25, 0.3) is 0 Å². The Kier molecular flexibility index (Phi) is 4.02. The molecule has 6 heteroatoms. The SMILES string of the molecule is Cc1c(CC(N)C(=O)O)cc(Cl)c(O)c1Cl. The van der Waals surface area contributed by atoms with Gasteiger partial charge in [0.05, 0.1) is 10.0 Å². The van der Waals surface area contributed by atoms with E-state index < -0.39 is 12.0 Å². The minimum atomic E-state index is -1.10. The van der Waals surface area contributed by atoms with Crippen molar-refractivity contribution in [1.82, 2.24) is 0 Å². The van der Waals surface area contributed by atoms with Crippen LogP contribution in [-0.4, -0.2) is 22.2 Å². The van der Waals surface area contributed by atoms with E-state index in [1.54, 1.807) is 6.92 Å². The molecule has 0 amide bonds. The molecule has 1 aromatic carbocycles. The molecule has 16 heavy (non-hydrogen) atoms. The molecule has 1 rings (SSSR count). The van der Waals surface area contributed by atoms with Crippen LogP contribution in [0.15, 0.2) is 6.07 Å². The van der Waals surface area contributed by atoms with Gasteiger partial charge in [0.2, 0.25) is 0 Å². The van der Waals surface area contributed by atoms with Crippen LogP contribution in [0.25, 0.3) is 0 Å². The minimum absolute atomic E-state index is 0.0863. The molecule has 88 valence electrons.